The summed E-state index contributed by atoms with van der Waals surface area (Å²) in [6.07, 6.45) is 1.00. The summed E-state index contributed by atoms with van der Waals surface area (Å²) < 4.78 is 44.4. The number of aromatic nitrogens is 1. The van der Waals surface area contributed by atoms with Gasteiger partial charge in [-0.3, -0.25) is 19.3 Å². The Balaban J connectivity index is 1.69. The van der Waals surface area contributed by atoms with Crippen molar-refractivity contribution in [2.24, 2.45) is 5.92 Å². The van der Waals surface area contributed by atoms with Crippen LogP contribution in [-0.2, 0) is 16.0 Å². The van der Waals surface area contributed by atoms with E-state index in [9.17, 15) is 28.3 Å². The van der Waals surface area contributed by atoms with Crippen molar-refractivity contribution >= 4 is 11.8 Å². The summed E-state index contributed by atoms with van der Waals surface area (Å²) in [6.45, 7) is 10.4. The van der Waals surface area contributed by atoms with Gasteiger partial charge in [0.05, 0.1) is 12.5 Å². The molecule has 0 amide bonds. The number of carbonyl (C=O) groups is 2. The summed E-state index contributed by atoms with van der Waals surface area (Å²) in [7, 11) is 0. The van der Waals surface area contributed by atoms with Gasteiger partial charge in [0.1, 0.15) is 17.8 Å². The first-order valence-corrected chi connectivity index (χ1v) is 15.1. The first-order chi connectivity index (χ1) is 20.7. The van der Waals surface area contributed by atoms with E-state index in [2.05, 4.69) is 0 Å². The number of alkyl halides is 1. The van der Waals surface area contributed by atoms with E-state index in [1.807, 2.05) is 18.7 Å². The van der Waals surface area contributed by atoms with E-state index < -0.39 is 36.3 Å². The number of rotatable bonds is 13. The molecule has 2 heterocycles. The molecule has 0 bridgehead atoms. The number of likely N-dealkylation sites (tertiary alicyclic amines) is 1. The van der Waals surface area contributed by atoms with Gasteiger partial charge in [-0.1, -0.05) is 19.9 Å². The molecule has 4 rings (SSSR count). The molecule has 1 N–H and O–H groups in total. The number of aryl methyl sites for hydroxylation is 3. The summed E-state index contributed by atoms with van der Waals surface area (Å²) in [6, 6.07) is 8.25. The number of Topliss-reactive ketones (excluding diaryl/α,β-unsaturated/α-hetero) is 1. The van der Waals surface area contributed by atoms with Crippen LogP contribution < -0.4 is 5.56 Å². The fourth-order valence-electron chi connectivity index (χ4n) is 6.25. The number of ketones is 1. The Bertz CT molecular complexity index is 1570. The van der Waals surface area contributed by atoms with Gasteiger partial charge in [-0.05, 0) is 103 Å². The zero-order valence-electron chi connectivity index (χ0n) is 26.0. The van der Waals surface area contributed by atoms with E-state index in [4.69, 9.17) is 0 Å². The highest BCUT2D eigenvalue weighted by Crippen LogP contribution is 2.36. The molecule has 1 fully saturated rings. The highest BCUT2D eigenvalue weighted by molar-refractivity contribution is 5.84. The fourth-order valence-corrected chi connectivity index (χ4v) is 6.25. The first kappa shape index (κ1) is 33.2. The molecule has 1 saturated heterocycles. The van der Waals surface area contributed by atoms with Gasteiger partial charge in [-0.25, -0.2) is 13.2 Å². The smallest absolute Gasteiger partial charge is 0.303 e. The second-order valence-electron chi connectivity index (χ2n) is 12.6. The summed E-state index contributed by atoms with van der Waals surface area (Å²) >= 11 is 0. The number of aliphatic carboxylic acids is 1. The van der Waals surface area contributed by atoms with Gasteiger partial charge in [0, 0.05) is 44.2 Å². The van der Waals surface area contributed by atoms with Crippen LogP contribution in [0.25, 0.3) is 11.1 Å². The second kappa shape index (κ2) is 13.9. The minimum atomic E-state index is -1.18. The molecule has 44 heavy (non-hydrogen) atoms. The normalized spacial score (nSPS) is 15.3. The maximum Gasteiger partial charge on any atom is 0.303 e. The lowest BCUT2D eigenvalue weighted by Gasteiger charge is -2.34. The molecule has 0 radical (unpaired) electrons. The lowest BCUT2D eigenvalue weighted by molar-refractivity contribution is -0.137. The molecule has 0 spiro atoms. The number of carboxylic acid groups (broad SMARTS) is 1. The quantitative estimate of drug-likeness (QED) is 0.233. The predicted molar refractivity (Wildman–Crippen MR) is 165 cm³/mol. The Hall–Kier alpha value is -3.72. The van der Waals surface area contributed by atoms with Crippen LogP contribution in [0, 0.1) is 38.3 Å². The molecule has 1 aliphatic rings. The predicted octanol–water partition coefficient (Wildman–Crippen LogP) is 6.72. The van der Waals surface area contributed by atoms with E-state index in [0.717, 1.165) is 11.1 Å². The van der Waals surface area contributed by atoms with Gasteiger partial charge in [-0.15, -0.1) is 0 Å². The van der Waals surface area contributed by atoms with Crippen molar-refractivity contribution in [1.82, 2.24) is 9.47 Å². The number of hydrogen-bond donors (Lipinski definition) is 1. The Kier molecular flexibility index (Phi) is 10.5. The Morgan fingerprint density at radius 1 is 0.977 bits per heavy atom. The van der Waals surface area contributed by atoms with Crippen LogP contribution >= 0.6 is 0 Å². The third-order valence-electron chi connectivity index (χ3n) is 8.41. The third kappa shape index (κ3) is 7.86. The number of benzene rings is 2. The summed E-state index contributed by atoms with van der Waals surface area (Å²) in [5, 5.41) is 9.79. The molecule has 2 atom stereocenters. The van der Waals surface area contributed by atoms with Crippen molar-refractivity contribution in [3.8, 4) is 11.1 Å². The molecule has 6 nitrogen and oxygen atoms in total. The molecule has 9 heteroatoms. The van der Waals surface area contributed by atoms with E-state index in [0.29, 0.717) is 49.2 Å². The standard InChI is InChI=1S/C35H41F3N2O4/c1-20(2)10-30(40-17-24(6-7-32(40)42)8-9-39-18-28(37)19-39)31(41)15-25(16-33(43)44)29-14-26(11-23(5)35(29)38)34-21(3)12-27(36)13-22(34)4/h6-7,11-14,17,20,25,28,30H,8-10,15-16,18-19H2,1-5H3,(H,43,44)/t25-,30?/m0/s1. The third-order valence-corrected chi connectivity index (χ3v) is 8.41. The number of nitrogens with zero attached hydrogens (tertiary/aromatic N) is 2. The number of carboxylic acids is 1. The summed E-state index contributed by atoms with van der Waals surface area (Å²) in [5.74, 6) is -3.47. The minimum Gasteiger partial charge on any atom is -0.481 e. The molecular weight excluding hydrogens is 569 g/mol. The monoisotopic (exact) mass is 610 g/mol. The maximum atomic E-state index is 15.7. The van der Waals surface area contributed by atoms with Crippen molar-refractivity contribution < 1.29 is 27.9 Å². The fraction of sp³-hybridized carbons (Fsp3) is 0.457. The van der Waals surface area contributed by atoms with Crippen molar-refractivity contribution in [3.05, 3.63) is 92.4 Å². The number of hydrogen-bond acceptors (Lipinski definition) is 4. The molecule has 1 aromatic heterocycles. The van der Waals surface area contributed by atoms with Crippen LogP contribution in [0.4, 0.5) is 13.2 Å². The van der Waals surface area contributed by atoms with Crippen molar-refractivity contribution in [2.45, 2.75) is 78.4 Å². The molecule has 1 aliphatic heterocycles. The van der Waals surface area contributed by atoms with Gasteiger partial charge in [0.25, 0.3) is 5.56 Å². The lowest BCUT2D eigenvalue weighted by atomic mass is 9.84. The van der Waals surface area contributed by atoms with Gasteiger partial charge in [0.15, 0.2) is 5.78 Å². The largest absolute Gasteiger partial charge is 0.481 e. The Morgan fingerprint density at radius 3 is 2.23 bits per heavy atom. The van der Waals surface area contributed by atoms with Crippen LogP contribution in [0.3, 0.4) is 0 Å². The van der Waals surface area contributed by atoms with E-state index in [1.165, 1.54) is 22.8 Å². The van der Waals surface area contributed by atoms with Crippen LogP contribution in [0.5, 0.6) is 0 Å². The van der Waals surface area contributed by atoms with Gasteiger partial charge >= 0.3 is 5.97 Å². The zero-order valence-corrected chi connectivity index (χ0v) is 26.0. The van der Waals surface area contributed by atoms with Crippen LogP contribution in [-0.4, -0.2) is 52.1 Å². The van der Waals surface area contributed by atoms with E-state index in [-0.39, 0.29) is 40.6 Å². The van der Waals surface area contributed by atoms with Crippen molar-refractivity contribution in [2.75, 3.05) is 19.6 Å². The molecule has 0 aliphatic carbocycles. The SMILES string of the molecule is Cc1cc(-c2c(C)cc(F)cc2C)cc([C@H](CC(=O)O)CC(=O)C(CC(C)C)n2cc(CCN3CC(F)C3)ccc2=O)c1F. The van der Waals surface area contributed by atoms with Crippen LogP contribution in [0.15, 0.2) is 47.4 Å². The van der Waals surface area contributed by atoms with Crippen LogP contribution in [0.1, 0.15) is 72.9 Å². The Labute approximate surface area is 256 Å². The van der Waals surface area contributed by atoms with Crippen LogP contribution in [0.2, 0.25) is 0 Å². The van der Waals surface area contributed by atoms with Gasteiger partial charge < -0.3 is 9.67 Å². The lowest BCUT2D eigenvalue weighted by Crippen LogP contribution is -2.48. The molecule has 2 aromatic carbocycles. The molecule has 236 valence electrons. The first-order valence-electron chi connectivity index (χ1n) is 15.1. The highest BCUT2D eigenvalue weighted by Gasteiger charge is 2.30. The average Bonchev–Trinajstić information content (AvgIpc) is 2.90. The minimum absolute atomic E-state index is 0.0340. The highest BCUT2D eigenvalue weighted by atomic mass is 19.1. The number of halogens is 3. The van der Waals surface area contributed by atoms with Gasteiger partial charge in [-0.2, -0.15) is 0 Å². The Morgan fingerprint density at radius 2 is 1.64 bits per heavy atom. The number of carbonyl (C=O) groups excluding carboxylic acids is 1. The molecular formula is C35H41F3N2O4. The van der Waals surface area contributed by atoms with Crippen molar-refractivity contribution in [1.29, 1.82) is 0 Å². The second-order valence-corrected chi connectivity index (χ2v) is 12.6. The molecule has 0 saturated carbocycles. The number of pyridine rings is 1. The molecule has 1 unspecified atom stereocenters. The summed E-state index contributed by atoms with van der Waals surface area (Å²) in [5.41, 5.74) is 3.49. The van der Waals surface area contributed by atoms with Crippen molar-refractivity contribution in [3.63, 3.8) is 0 Å². The summed E-state index contributed by atoms with van der Waals surface area (Å²) in [4.78, 5) is 41.0. The average molecular weight is 611 g/mol. The van der Waals surface area contributed by atoms with E-state index >= 15 is 4.39 Å². The topological polar surface area (TPSA) is 79.6 Å². The molecule has 3 aromatic rings. The maximum absolute atomic E-state index is 15.7. The zero-order chi connectivity index (χ0) is 32.3. The van der Waals surface area contributed by atoms with E-state index in [1.54, 1.807) is 45.2 Å². The van der Waals surface area contributed by atoms with Gasteiger partial charge in [0.2, 0.25) is 0 Å².